The fraction of sp³-hybridized carbons (Fsp3) is 0.538. The maximum Gasteiger partial charge on any atom is 0.417 e. The molecule has 0 radical (unpaired) electrons. The number of hydrogen-bond acceptors (Lipinski definition) is 3. The van der Waals surface area contributed by atoms with E-state index in [0.29, 0.717) is 5.56 Å². The SMILES string of the molecule is Cc1cc(S(=O)(=O)N(C)C2CC(O)(C(F)(F)F)C2)ccc1Br. The van der Waals surface area contributed by atoms with E-state index in [4.69, 9.17) is 0 Å². The highest BCUT2D eigenvalue weighted by Gasteiger charge is 2.62. The van der Waals surface area contributed by atoms with Crippen LogP contribution in [0.2, 0.25) is 0 Å². The molecule has 1 aliphatic carbocycles. The van der Waals surface area contributed by atoms with Crippen LogP contribution in [-0.2, 0) is 10.0 Å². The predicted molar refractivity (Wildman–Crippen MR) is 77.9 cm³/mol. The number of sulfonamides is 1. The average molecular weight is 402 g/mol. The van der Waals surface area contributed by atoms with Crippen LogP contribution < -0.4 is 0 Å². The first-order chi connectivity index (χ1) is 9.88. The standard InChI is InChI=1S/C13H15BrF3NO3S/c1-8-5-10(3-4-11(8)14)22(20,21)18(2)9-6-12(19,7-9)13(15,16)17/h3-5,9,19H,6-7H2,1-2H3. The minimum Gasteiger partial charge on any atom is -0.380 e. The van der Waals surface area contributed by atoms with E-state index in [1.54, 1.807) is 13.0 Å². The first-order valence-electron chi connectivity index (χ1n) is 6.42. The second kappa shape index (κ2) is 5.47. The van der Waals surface area contributed by atoms with Gasteiger partial charge in [0.25, 0.3) is 0 Å². The van der Waals surface area contributed by atoms with Gasteiger partial charge in [0.15, 0.2) is 5.60 Å². The smallest absolute Gasteiger partial charge is 0.380 e. The average Bonchev–Trinajstić information content (AvgIpc) is 2.35. The van der Waals surface area contributed by atoms with Crippen molar-refractivity contribution in [3.63, 3.8) is 0 Å². The van der Waals surface area contributed by atoms with Crippen molar-refractivity contribution in [2.24, 2.45) is 0 Å². The Bertz CT molecular complexity index is 684. The summed E-state index contributed by atoms with van der Waals surface area (Å²) in [6, 6.07) is 3.53. The summed E-state index contributed by atoms with van der Waals surface area (Å²) < 4.78 is 64.4. The molecule has 22 heavy (non-hydrogen) atoms. The van der Waals surface area contributed by atoms with Gasteiger partial charge in [0.2, 0.25) is 10.0 Å². The van der Waals surface area contributed by atoms with E-state index in [1.165, 1.54) is 19.2 Å². The molecule has 0 amide bonds. The fourth-order valence-corrected chi connectivity index (χ4v) is 4.03. The molecule has 2 rings (SSSR count). The van der Waals surface area contributed by atoms with Crippen molar-refractivity contribution in [3.8, 4) is 0 Å². The van der Waals surface area contributed by atoms with Gasteiger partial charge in [0.1, 0.15) is 0 Å². The van der Waals surface area contributed by atoms with Gasteiger partial charge in [-0.2, -0.15) is 17.5 Å². The number of alkyl halides is 3. The first-order valence-corrected chi connectivity index (χ1v) is 8.65. The molecule has 0 saturated heterocycles. The van der Waals surface area contributed by atoms with Crippen LogP contribution in [0.5, 0.6) is 0 Å². The second-order valence-corrected chi connectivity index (χ2v) is 8.38. The van der Waals surface area contributed by atoms with Crippen LogP contribution in [0.4, 0.5) is 13.2 Å². The van der Waals surface area contributed by atoms with E-state index in [2.05, 4.69) is 15.9 Å². The number of aryl methyl sites for hydroxylation is 1. The van der Waals surface area contributed by atoms with E-state index >= 15 is 0 Å². The predicted octanol–water partition coefficient (Wildman–Crippen LogP) is 2.83. The van der Waals surface area contributed by atoms with Crippen LogP contribution >= 0.6 is 15.9 Å². The van der Waals surface area contributed by atoms with E-state index in [1.807, 2.05) is 0 Å². The number of aliphatic hydroxyl groups is 1. The molecule has 0 bridgehead atoms. The minimum absolute atomic E-state index is 0.0122. The maximum atomic E-state index is 12.6. The van der Waals surface area contributed by atoms with E-state index in [-0.39, 0.29) is 4.90 Å². The van der Waals surface area contributed by atoms with Crippen LogP contribution in [0.15, 0.2) is 27.6 Å². The molecule has 0 aromatic heterocycles. The van der Waals surface area contributed by atoms with E-state index in [9.17, 15) is 26.7 Å². The molecule has 1 aliphatic rings. The minimum atomic E-state index is -4.75. The molecular weight excluding hydrogens is 387 g/mol. The molecule has 1 aromatic carbocycles. The maximum absolute atomic E-state index is 12.6. The van der Waals surface area contributed by atoms with Crippen molar-refractivity contribution in [2.45, 2.75) is 42.5 Å². The second-order valence-electron chi connectivity index (χ2n) is 5.52. The van der Waals surface area contributed by atoms with E-state index < -0.39 is 40.7 Å². The Balaban J connectivity index is 2.20. The molecule has 0 aliphatic heterocycles. The van der Waals surface area contributed by atoms with Crippen molar-refractivity contribution in [1.82, 2.24) is 4.31 Å². The summed E-state index contributed by atoms with van der Waals surface area (Å²) in [6.45, 7) is 1.72. The van der Waals surface area contributed by atoms with Crippen LogP contribution in [0, 0.1) is 6.92 Å². The lowest BCUT2D eigenvalue weighted by Gasteiger charge is -2.47. The summed E-state index contributed by atoms with van der Waals surface area (Å²) in [5.41, 5.74) is -2.09. The molecule has 4 nitrogen and oxygen atoms in total. The normalized spacial score (nSPS) is 26.1. The number of hydrogen-bond donors (Lipinski definition) is 1. The lowest BCUT2D eigenvalue weighted by molar-refractivity contribution is -0.295. The van der Waals surface area contributed by atoms with Crippen molar-refractivity contribution in [2.75, 3.05) is 7.05 Å². The van der Waals surface area contributed by atoms with Crippen molar-refractivity contribution in [3.05, 3.63) is 28.2 Å². The number of rotatable bonds is 3. The Morgan fingerprint density at radius 3 is 2.36 bits per heavy atom. The van der Waals surface area contributed by atoms with Crippen LogP contribution in [0.25, 0.3) is 0 Å². The highest BCUT2D eigenvalue weighted by Crippen LogP contribution is 2.47. The van der Waals surface area contributed by atoms with Crippen molar-refractivity contribution < 1.29 is 26.7 Å². The van der Waals surface area contributed by atoms with Gasteiger partial charge in [-0.3, -0.25) is 0 Å². The zero-order chi connectivity index (χ0) is 16.9. The summed E-state index contributed by atoms with van der Waals surface area (Å²) >= 11 is 3.26. The third kappa shape index (κ3) is 2.91. The van der Waals surface area contributed by atoms with E-state index in [0.717, 1.165) is 8.78 Å². The number of benzene rings is 1. The van der Waals surface area contributed by atoms with Gasteiger partial charge in [-0.15, -0.1) is 0 Å². The van der Waals surface area contributed by atoms with Gasteiger partial charge < -0.3 is 5.11 Å². The summed E-state index contributed by atoms with van der Waals surface area (Å²) in [5.74, 6) is 0. The Morgan fingerprint density at radius 1 is 1.36 bits per heavy atom. The Kier molecular flexibility index (Phi) is 4.40. The Hall–Kier alpha value is -0.640. The third-order valence-electron chi connectivity index (χ3n) is 3.99. The largest absolute Gasteiger partial charge is 0.417 e. The molecule has 1 saturated carbocycles. The Labute approximate surface area is 135 Å². The van der Waals surface area contributed by atoms with Crippen LogP contribution in [0.1, 0.15) is 18.4 Å². The molecule has 124 valence electrons. The zero-order valence-corrected chi connectivity index (χ0v) is 14.3. The molecule has 1 fully saturated rings. The summed E-state index contributed by atoms with van der Waals surface area (Å²) in [7, 11) is -2.67. The lowest BCUT2D eigenvalue weighted by atomic mass is 9.75. The summed E-state index contributed by atoms with van der Waals surface area (Å²) in [6.07, 6.45) is -6.05. The fourth-order valence-electron chi connectivity index (χ4n) is 2.35. The zero-order valence-electron chi connectivity index (χ0n) is 11.9. The topological polar surface area (TPSA) is 57.6 Å². The molecule has 0 atom stereocenters. The quantitative estimate of drug-likeness (QED) is 0.846. The van der Waals surface area contributed by atoms with Gasteiger partial charge >= 0.3 is 6.18 Å². The molecule has 9 heteroatoms. The van der Waals surface area contributed by atoms with Crippen LogP contribution in [0.3, 0.4) is 0 Å². The van der Waals surface area contributed by atoms with Crippen LogP contribution in [-0.4, -0.2) is 42.7 Å². The molecule has 0 heterocycles. The monoisotopic (exact) mass is 401 g/mol. The van der Waals surface area contributed by atoms with Gasteiger partial charge in [0.05, 0.1) is 4.90 Å². The lowest BCUT2D eigenvalue weighted by Crippen LogP contribution is -2.62. The highest BCUT2D eigenvalue weighted by molar-refractivity contribution is 9.10. The summed E-state index contributed by atoms with van der Waals surface area (Å²) in [5, 5.41) is 9.43. The number of nitrogens with zero attached hydrogens (tertiary/aromatic N) is 1. The highest BCUT2D eigenvalue weighted by atomic mass is 79.9. The van der Waals surface area contributed by atoms with Crippen molar-refractivity contribution in [1.29, 1.82) is 0 Å². The Morgan fingerprint density at radius 2 is 1.91 bits per heavy atom. The molecular formula is C13H15BrF3NO3S. The third-order valence-corrected chi connectivity index (χ3v) is 6.79. The molecule has 0 spiro atoms. The van der Waals surface area contributed by atoms with Gasteiger partial charge in [-0.25, -0.2) is 8.42 Å². The van der Waals surface area contributed by atoms with Gasteiger partial charge in [-0.05, 0) is 30.7 Å². The molecule has 1 N–H and O–H groups in total. The molecule has 0 unspecified atom stereocenters. The first kappa shape index (κ1) is 17.7. The van der Waals surface area contributed by atoms with Gasteiger partial charge in [-0.1, -0.05) is 15.9 Å². The van der Waals surface area contributed by atoms with Gasteiger partial charge in [0, 0.05) is 30.4 Å². The summed E-state index contributed by atoms with van der Waals surface area (Å²) in [4.78, 5) is 0.0122. The molecule has 1 aromatic rings. The van der Waals surface area contributed by atoms with Crippen molar-refractivity contribution >= 4 is 26.0 Å². The number of halogens is 4.